The van der Waals surface area contributed by atoms with Crippen LogP contribution in [0.2, 0.25) is 0 Å². The van der Waals surface area contributed by atoms with Crippen molar-refractivity contribution in [3.63, 3.8) is 0 Å². The smallest absolute Gasteiger partial charge is 0.251 e. The van der Waals surface area contributed by atoms with Gasteiger partial charge in [0.1, 0.15) is 0 Å². The fraction of sp³-hybridized carbons (Fsp3) is 0.636. The van der Waals surface area contributed by atoms with E-state index in [0.717, 1.165) is 47.6 Å². The Morgan fingerprint density at radius 2 is 2.31 bits per heavy atom. The van der Waals surface area contributed by atoms with Crippen molar-refractivity contribution in [3.8, 4) is 0 Å². The molecule has 3 nitrogen and oxygen atoms in total. The maximum absolute atomic E-state index is 11.4. The summed E-state index contributed by atoms with van der Waals surface area (Å²) in [5.41, 5.74) is 0.857. The van der Waals surface area contributed by atoms with Crippen molar-refractivity contribution in [3.05, 3.63) is 22.1 Å². The average molecular weight is 305 g/mol. The molecule has 1 heterocycles. The SMILES string of the molecule is CCCc1cc(=O)[nH]c(SCCCCBr)n1. The predicted molar refractivity (Wildman–Crippen MR) is 72.6 cm³/mol. The summed E-state index contributed by atoms with van der Waals surface area (Å²) in [6.45, 7) is 2.09. The standard InChI is InChI=1S/C11H17BrN2OS/c1-2-5-9-8-10(15)14-11(13-9)16-7-4-3-6-12/h8H,2-7H2,1H3,(H,13,14,15). The topological polar surface area (TPSA) is 45.8 Å². The van der Waals surface area contributed by atoms with Crippen LogP contribution in [0.4, 0.5) is 0 Å². The van der Waals surface area contributed by atoms with Gasteiger partial charge in [-0.15, -0.1) is 0 Å². The lowest BCUT2D eigenvalue weighted by molar-refractivity contribution is 0.813. The highest BCUT2D eigenvalue weighted by Crippen LogP contribution is 2.14. The minimum atomic E-state index is -0.0403. The van der Waals surface area contributed by atoms with E-state index in [2.05, 4.69) is 32.8 Å². The maximum Gasteiger partial charge on any atom is 0.251 e. The second-order valence-electron chi connectivity index (χ2n) is 3.54. The molecular formula is C11H17BrN2OS. The van der Waals surface area contributed by atoms with Crippen molar-refractivity contribution in [1.82, 2.24) is 9.97 Å². The van der Waals surface area contributed by atoms with Crippen LogP contribution in [0.5, 0.6) is 0 Å². The molecule has 0 aliphatic rings. The largest absolute Gasteiger partial charge is 0.301 e. The van der Waals surface area contributed by atoms with Crippen molar-refractivity contribution >= 4 is 27.7 Å². The Bertz CT molecular complexity index is 367. The Labute approximate surface area is 109 Å². The van der Waals surface area contributed by atoms with Crippen LogP contribution in [0.3, 0.4) is 0 Å². The lowest BCUT2D eigenvalue weighted by atomic mass is 10.2. The van der Waals surface area contributed by atoms with Crippen LogP contribution in [0.15, 0.2) is 16.0 Å². The van der Waals surface area contributed by atoms with Crippen LogP contribution >= 0.6 is 27.7 Å². The number of aryl methyl sites for hydroxylation is 1. The molecule has 1 N–H and O–H groups in total. The minimum Gasteiger partial charge on any atom is -0.301 e. The second kappa shape index (κ2) is 7.90. The Kier molecular flexibility index (Phi) is 6.80. The minimum absolute atomic E-state index is 0.0403. The van der Waals surface area contributed by atoms with Crippen molar-refractivity contribution < 1.29 is 0 Å². The number of thioether (sulfide) groups is 1. The van der Waals surface area contributed by atoms with Gasteiger partial charge >= 0.3 is 0 Å². The van der Waals surface area contributed by atoms with Gasteiger partial charge < -0.3 is 4.98 Å². The monoisotopic (exact) mass is 304 g/mol. The summed E-state index contributed by atoms with van der Waals surface area (Å²) in [5.74, 6) is 1.00. The third kappa shape index (κ3) is 5.16. The maximum atomic E-state index is 11.4. The zero-order valence-corrected chi connectivity index (χ0v) is 11.9. The van der Waals surface area contributed by atoms with Crippen LogP contribution in [0.25, 0.3) is 0 Å². The summed E-state index contributed by atoms with van der Waals surface area (Å²) >= 11 is 5.02. The van der Waals surface area contributed by atoms with Gasteiger partial charge in [-0.2, -0.15) is 0 Å². The number of halogens is 1. The quantitative estimate of drug-likeness (QED) is 0.364. The summed E-state index contributed by atoms with van der Waals surface area (Å²) in [6.07, 6.45) is 4.19. The molecule has 0 atom stereocenters. The Balaban J connectivity index is 2.54. The lowest BCUT2D eigenvalue weighted by Crippen LogP contribution is -2.10. The highest BCUT2D eigenvalue weighted by atomic mass is 79.9. The van der Waals surface area contributed by atoms with Gasteiger partial charge in [-0.25, -0.2) is 4.98 Å². The van der Waals surface area contributed by atoms with Gasteiger partial charge in [0.05, 0.1) is 0 Å². The van der Waals surface area contributed by atoms with Gasteiger partial charge in [0.15, 0.2) is 5.16 Å². The van der Waals surface area contributed by atoms with E-state index in [1.807, 2.05) is 0 Å². The Hall–Kier alpha value is -0.290. The first-order valence-electron chi connectivity index (χ1n) is 5.55. The first kappa shape index (κ1) is 13.8. The highest BCUT2D eigenvalue weighted by Gasteiger charge is 2.01. The molecule has 0 spiro atoms. The predicted octanol–water partition coefficient (Wildman–Crippen LogP) is 2.99. The second-order valence-corrected chi connectivity index (χ2v) is 5.41. The van der Waals surface area contributed by atoms with Crippen molar-refractivity contribution in [2.45, 2.75) is 37.8 Å². The van der Waals surface area contributed by atoms with E-state index in [4.69, 9.17) is 0 Å². The van der Waals surface area contributed by atoms with E-state index in [9.17, 15) is 4.79 Å². The molecule has 16 heavy (non-hydrogen) atoms. The Morgan fingerprint density at radius 3 is 3.00 bits per heavy atom. The molecule has 0 aliphatic heterocycles. The number of H-pyrrole nitrogens is 1. The number of nitrogens with one attached hydrogen (secondary N) is 1. The molecule has 1 aromatic rings. The van der Waals surface area contributed by atoms with Gasteiger partial charge in [-0.05, 0) is 19.3 Å². The molecule has 0 radical (unpaired) electrons. The van der Waals surface area contributed by atoms with E-state index in [0.29, 0.717) is 0 Å². The van der Waals surface area contributed by atoms with Crippen molar-refractivity contribution in [1.29, 1.82) is 0 Å². The number of aromatic nitrogens is 2. The van der Waals surface area contributed by atoms with E-state index in [-0.39, 0.29) is 5.56 Å². The Morgan fingerprint density at radius 1 is 1.50 bits per heavy atom. The van der Waals surface area contributed by atoms with Gasteiger partial charge in [0.2, 0.25) is 0 Å². The molecule has 0 amide bonds. The molecule has 0 unspecified atom stereocenters. The molecule has 90 valence electrons. The first-order chi connectivity index (χ1) is 7.76. The third-order valence-corrected chi connectivity index (χ3v) is 3.57. The molecule has 0 bridgehead atoms. The summed E-state index contributed by atoms with van der Waals surface area (Å²) in [4.78, 5) is 18.5. The zero-order valence-electron chi connectivity index (χ0n) is 9.46. The third-order valence-electron chi connectivity index (χ3n) is 2.05. The fourth-order valence-corrected chi connectivity index (χ4v) is 2.59. The number of unbranched alkanes of at least 4 members (excludes halogenated alkanes) is 1. The van der Waals surface area contributed by atoms with Crippen LogP contribution in [-0.2, 0) is 6.42 Å². The molecule has 0 saturated heterocycles. The van der Waals surface area contributed by atoms with Gasteiger partial charge in [0.25, 0.3) is 5.56 Å². The van der Waals surface area contributed by atoms with Crippen LogP contribution in [0, 0.1) is 0 Å². The van der Waals surface area contributed by atoms with Crippen LogP contribution < -0.4 is 5.56 Å². The van der Waals surface area contributed by atoms with E-state index < -0.39 is 0 Å². The number of alkyl halides is 1. The molecule has 0 aromatic carbocycles. The van der Waals surface area contributed by atoms with Gasteiger partial charge in [0, 0.05) is 22.8 Å². The van der Waals surface area contributed by atoms with E-state index >= 15 is 0 Å². The number of hydrogen-bond acceptors (Lipinski definition) is 3. The van der Waals surface area contributed by atoms with E-state index in [1.165, 1.54) is 0 Å². The molecule has 1 rings (SSSR count). The first-order valence-corrected chi connectivity index (χ1v) is 7.66. The van der Waals surface area contributed by atoms with Gasteiger partial charge in [-0.3, -0.25) is 4.79 Å². The molecular weight excluding hydrogens is 288 g/mol. The lowest BCUT2D eigenvalue weighted by Gasteiger charge is -2.02. The van der Waals surface area contributed by atoms with Crippen LogP contribution in [-0.4, -0.2) is 21.1 Å². The summed E-state index contributed by atoms with van der Waals surface area (Å²) in [7, 11) is 0. The number of rotatable bonds is 7. The molecule has 5 heteroatoms. The van der Waals surface area contributed by atoms with Crippen LogP contribution in [0.1, 0.15) is 31.9 Å². The van der Waals surface area contributed by atoms with E-state index in [1.54, 1.807) is 17.8 Å². The zero-order chi connectivity index (χ0) is 11.8. The highest BCUT2D eigenvalue weighted by molar-refractivity contribution is 9.09. The molecule has 1 aromatic heterocycles. The molecule has 0 fully saturated rings. The van der Waals surface area contributed by atoms with Crippen molar-refractivity contribution in [2.24, 2.45) is 0 Å². The van der Waals surface area contributed by atoms with Crippen molar-refractivity contribution in [2.75, 3.05) is 11.1 Å². The molecule has 0 saturated carbocycles. The summed E-state index contributed by atoms with van der Waals surface area (Å²) in [5, 5.41) is 1.79. The summed E-state index contributed by atoms with van der Waals surface area (Å²) in [6, 6.07) is 1.59. The number of hydrogen-bond donors (Lipinski definition) is 1. The fourth-order valence-electron chi connectivity index (χ4n) is 1.30. The number of nitrogens with zero attached hydrogens (tertiary/aromatic N) is 1. The average Bonchev–Trinajstić information content (AvgIpc) is 2.24. The number of aromatic amines is 1. The normalized spacial score (nSPS) is 10.6. The van der Waals surface area contributed by atoms with Gasteiger partial charge in [-0.1, -0.05) is 41.0 Å². The summed E-state index contributed by atoms with van der Waals surface area (Å²) < 4.78 is 0. The molecule has 0 aliphatic carbocycles.